The fraction of sp³-hybridized carbons (Fsp3) is 0.909. The van der Waals surface area contributed by atoms with Crippen molar-refractivity contribution in [3.63, 3.8) is 0 Å². The SMILES string of the molecule is CN(C(=O)[C@@H]1CCCO1)C(CN)C1CC1. The molecule has 0 bridgehead atoms. The third kappa shape index (κ3) is 2.32. The Kier molecular flexibility index (Phi) is 3.26. The second-order valence-electron chi connectivity index (χ2n) is 4.59. The summed E-state index contributed by atoms with van der Waals surface area (Å²) in [6, 6.07) is 0.224. The fourth-order valence-corrected chi connectivity index (χ4v) is 2.31. The summed E-state index contributed by atoms with van der Waals surface area (Å²) in [6.45, 7) is 1.29. The van der Waals surface area contributed by atoms with Crippen molar-refractivity contribution in [2.24, 2.45) is 11.7 Å². The van der Waals surface area contributed by atoms with Gasteiger partial charge in [0.25, 0.3) is 5.91 Å². The molecule has 0 aromatic heterocycles. The molecule has 15 heavy (non-hydrogen) atoms. The van der Waals surface area contributed by atoms with Gasteiger partial charge in [0.05, 0.1) is 0 Å². The minimum atomic E-state index is -0.206. The molecule has 4 nitrogen and oxygen atoms in total. The Morgan fingerprint density at radius 3 is 2.73 bits per heavy atom. The Morgan fingerprint density at radius 2 is 2.27 bits per heavy atom. The van der Waals surface area contributed by atoms with Crippen LogP contribution in [0.3, 0.4) is 0 Å². The van der Waals surface area contributed by atoms with E-state index in [1.165, 1.54) is 12.8 Å². The number of carbonyl (C=O) groups excluding carboxylic acids is 1. The molecule has 1 saturated carbocycles. The van der Waals surface area contributed by atoms with E-state index in [9.17, 15) is 4.79 Å². The van der Waals surface area contributed by atoms with Crippen LogP contribution in [-0.4, -0.2) is 43.2 Å². The number of nitrogens with zero attached hydrogens (tertiary/aromatic N) is 1. The van der Waals surface area contributed by atoms with Gasteiger partial charge in [-0.05, 0) is 31.6 Å². The lowest BCUT2D eigenvalue weighted by Gasteiger charge is -2.29. The van der Waals surface area contributed by atoms with E-state index in [1.807, 2.05) is 11.9 Å². The summed E-state index contributed by atoms with van der Waals surface area (Å²) >= 11 is 0. The molecule has 0 aromatic carbocycles. The van der Waals surface area contributed by atoms with Gasteiger partial charge in [0.2, 0.25) is 0 Å². The van der Waals surface area contributed by atoms with Crippen molar-refractivity contribution >= 4 is 5.91 Å². The number of nitrogens with two attached hydrogens (primary N) is 1. The number of rotatable bonds is 4. The summed E-state index contributed by atoms with van der Waals surface area (Å²) < 4.78 is 5.40. The average molecular weight is 212 g/mol. The van der Waals surface area contributed by atoms with Crippen LogP contribution in [0.1, 0.15) is 25.7 Å². The molecule has 2 fully saturated rings. The molecule has 0 spiro atoms. The molecular formula is C11H20N2O2. The monoisotopic (exact) mass is 212 g/mol. The van der Waals surface area contributed by atoms with Gasteiger partial charge in [-0.15, -0.1) is 0 Å². The van der Waals surface area contributed by atoms with Gasteiger partial charge in [0.15, 0.2) is 0 Å². The van der Waals surface area contributed by atoms with Gasteiger partial charge < -0.3 is 15.4 Å². The van der Waals surface area contributed by atoms with Gasteiger partial charge in [-0.25, -0.2) is 0 Å². The van der Waals surface area contributed by atoms with Gasteiger partial charge in [0.1, 0.15) is 6.10 Å². The summed E-state index contributed by atoms with van der Waals surface area (Å²) in [5.41, 5.74) is 5.72. The topological polar surface area (TPSA) is 55.6 Å². The maximum Gasteiger partial charge on any atom is 0.251 e. The van der Waals surface area contributed by atoms with Crippen LogP contribution in [0.15, 0.2) is 0 Å². The highest BCUT2D eigenvalue weighted by atomic mass is 16.5. The van der Waals surface area contributed by atoms with E-state index in [-0.39, 0.29) is 18.1 Å². The normalized spacial score (nSPS) is 27.7. The third-order valence-corrected chi connectivity index (χ3v) is 3.46. The molecule has 4 heteroatoms. The van der Waals surface area contributed by atoms with Crippen LogP contribution in [-0.2, 0) is 9.53 Å². The number of hydrogen-bond acceptors (Lipinski definition) is 3. The molecule has 1 heterocycles. The maximum atomic E-state index is 12.0. The molecule has 2 atom stereocenters. The van der Waals surface area contributed by atoms with E-state index >= 15 is 0 Å². The zero-order chi connectivity index (χ0) is 10.8. The molecule has 2 N–H and O–H groups in total. The minimum absolute atomic E-state index is 0.120. The van der Waals surface area contributed by atoms with Crippen LogP contribution in [0, 0.1) is 5.92 Å². The Labute approximate surface area is 90.8 Å². The molecule has 86 valence electrons. The molecule has 1 unspecified atom stereocenters. The minimum Gasteiger partial charge on any atom is -0.368 e. The zero-order valence-electron chi connectivity index (χ0n) is 9.32. The second kappa shape index (κ2) is 4.49. The Morgan fingerprint density at radius 1 is 1.53 bits per heavy atom. The Bertz CT molecular complexity index is 235. The van der Waals surface area contributed by atoms with Gasteiger partial charge in [-0.2, -0.15) is 0 Å². The van der Waals surface area contributed by atoms with Crippen LogP contribution in [0.5, 0.6) is 0 Å². The van der Waals surface area contributed by atoms with Crippen LogP contribution < -0.4 is 5.73 Å². The van der Waals surface area contributed by atoms with Crippen molar-refractivity contribution in [1.82, 2.24) is 4.90 Å². The highest BCUT2D eigenvalue weighted by Gasteiger charge is 2.37. The first-order valence-electron chi connectivity index (χ1n) is 5.82. The predicted molar refractivity (Wildman–Crippen MR) is 57.3 cm³/mol. The number of likely N-dealkylation sites (N-methyl/N-ethyl adjacent to an activating group) is 1. The fourth-order valence-electron chi connectivity index (χ4n) is 2.31. The first-order chi connectivity index (χ1) is 7.24. The standard InChI is InChI=1S/C11H20N2O2/c1-13(9(7-12)8-4-5-8)11(14)10-3-2-6-15-10/h8-10H,2-7,12H2,1H3/t9?,10-/m0/s1. The number of ether oxygens (including phenoxy) is 1. The second-order valence-corrected chi connectivity index (χ2v) is 4.59. The smallest absolute Gasteiger partial charge is 0.251 e. The van der Waals surface area contributed by atoms with Gasteiger partial charge in [0, 0.05) is 26.2 Å². The summed E-state index contributed by atoms with van der Waals surface area (Å²) in [5, 5.41) is 0. The molecule has 1 aliphatic carbocycles. The summed E-state index contributed by atoms with van der Waals surface area (Å²) in [5.74, 6) is 0.750. The van der Waals surface area contributed by atoms with Crippen LogP contribution in [0.25, 0.3) is 0 Å². The predicted octanol–water partition coefficient (Wildman–Crippen LogP) is 0.361. The van der Waals surface area contributed by atoms with Crippen molar-refractivity contribution in [2.45, 2.75) is 37.8 Å². The van der Waals surface area contributed by atoms with Crippen LogP contribution in [0.2, 0.25) is 0 Å². The summed E-state index contributed by atoms with van der Waals surface area (Å²) in [6.07, 6.45) is 4.09. The van der Waals surface area contributed by atoms with Gasteiger partial charge in [-0.3, -0.25) is 4.79 Å². The molecule has 1 aliphatic heterocycles. The lowest BCUT2D eigenvalue weighted by atomic mass is 10.1. The molecule has 1 saturated heterocycles. The van der Waals surface area contributed by atoms with Gasteiger partial charge >= 0.3 is 0 Å². The van der Waals surface area contributed by atoms with Crippen molar-refractivity contribution in [2.75, 3.05) is 20.2 Å². The summed E-state index contributed by atoms with van der Waals surface area (Å²) in [7, 11) is 1.86. The summed E-state index contributed by atoms with van der Waals surface area (Å²) in [4.78, 5) is 13.8. The van der Waals surface area contributed by atoms with E-state index in [0.29, 0.717) is 12.5 Å². The lowest BCUT2D eigenvalue weighted by Crippen LogP contribution is -2.47. The van der Waals surface area contributed by atoms with E-state index in [0.717, 1.165) is 19.4 Å². The highest BCUT2D eigenvalue weighted by Crippen LogP contribution is 2.35. The number of hydrogen-bond donors (Lipinski definition) is 1. The van der Waals surface area contributed by atoms with E-state index in [2.05, 4.69) is 0 Å². The molecule has 0 aromatic rings. The zero-order valence-corrected chi connectivity index (χ0v) is 9.32. The van der Waals surface area contributed by atoms with Crippen molar-refractivity contribution in [3.8, 4) is 0 Å². The van der Waals surface area contributed by atoms with Crippen LogP contribution >= 0.6 is 0 Å². The molecular weight excluding hydrogens is 192 g/mol. The number of amides is 1. The van der Waals surface area contributed by atoms with E-state index < -0.39 is 0 Å². The maximum absolute atomic E-state index is 12.0. The molecule has 2 aliphatic rings. The first-order valence-corrected chi connectivity index (χ1v) is 5.82. The van der Waals surface area contributed by atoms with Crippen LogP contribution in [0.4, 0.5) is 0 Å². The van der Waals surface area contributed by atoms with Crippen molar-refractivity contribution in [1.29, 1.82) is 0 Å². The Hall–Kier alpha value is -0.610. The highest BCUT2D eigenvalue weighted by molar-refractivity contribution is 5.81. The molecule has 1 amide bonds. The Balaban J connectivity index is 1.92. The largest absolute Gasteiger partial charge is 0.368 e. The average Bonchev–Trinajstić information content (AvgIpc) is 2.93. The van der Waals surface area contributed by atoms with Gasteiger partial charge in [-0.1, -0.05) is 0 Å². The quantitative estimate of drug-likeness (QED) is 0.732. The van der Waals surface area contributed by atoms with Crippen molar-refractivity contribution < 1.29 is 9.53 Å². The third-order valence-electron chi connectivity index (χ3n) is 3.46. The number of carbonyl (C=O) groups is 1. The van der Waals surface area contributed by atoms with E-state index in [4.69, 9.17) is 10.5 Å². The van der Waals surface area contributed by atoms with Crippen molar-refractivity contribution in [3.05, 3.63) is 0 Å². The lowest BCUT2D eigenvalue weighted by molar-refractivity contribution is -0.142. The molecule has 0 radical (unpaired) electrons. The molecule has 2 rings (SSSR count). The first kappa shape index (κ1) is 10.9. The van der Waals surface area contributed by atoms with E-state index in [1.54, 1.807) is 0 Å².